The Morgan fingerprint density at radius 1 is 0.193 bits per heavy atom. The maximum absolute atomic E-state index is 10.9. The molecule has 0 aliphatic carbocycles. The third-order valence-electron chi connectivity index (χ3n) is 18.0. The van der Waals surface area contributed by atoms with Crippen molar-refractivity contribution >= 4 is 49.7 Å². The summed E-state index contributed by atoms with van der Waals surface area (Å²) in [7, 11) is 0. The molecular weight excluding hydrogens is 1040 g/mol. The predicted octanol–water partition coefficient (Wildman–Crippen LogP) is 22.7. The topological polar surface area (TPSA) is 86.7 Å². The molecule has 0 amide bonds. The average Bonchev–Trinajstić information content (AvgIpc) is 3.46. The van der Waals surface area contributed by atoms with Crippen molar-refractivity contribution < 1.29 is 19.8 Å². The van der Waals surface area contributed by atoms with E-state index in [9.17, 15) is 19.8 Å². The SMILES string of the molecule is CCCCCCCCCCCCCCCCCN(CCCCCCCCCCCCCCCCC)CCCC(=O)[O-].CCCCCCCCCCCCCCCCCN(CCCCCCCCCCCCCCCCC)CCCC(=O)[O-].[Ca+2]. The molecule has 0 spiro atoms. The molecule has 0 aromatic rings. The van der Waals surface area contributed by atoms with Gasteiger partial charge in [-0.15, -0.1) is 0 Å². The van der Waals surface area contributed by atoms with Crippen LogP contribution in [0.15, 0.2) is 0 Å². The first-order valence-electron chi connectivity index (χ1n) is 38.2. The van der Waals surface area contributed by atoms with Crippen molar-refractivity contribution in [1.82, 2.24) is 9.80 Å². The second kappa shape index (κ2) is 80.1. The maximum atomic E-state index is 10.9. The molecule has 7 heteroatoms. The number of carboxylic acid groups (broad SMARTS) is 2. The molecule has 0 N–H and O–H groups in total. The average molecular weight is 1200 g/mol. The largest absolute Gasteiger partial charge is 2.00 e. The first-order valence-corrected chi connectivity index (χ1v) is 38.2. The molecule has 0 saturated heterocycles. The molecule has 83 heavy (non-hydrogen) atoms. The van der Waals surface area contributed by atoms with Gasteiger partial charge in [0.2, 0.25) is 0 Å². The summed E-state index contributed by atoms with van der Waals surface area (Å²) in [6.07, 6.45) is 86.0. The number of hydrogen-bond acceptors (Lipinski definition) is 6. The van der Waals surface area contributed by atoms with Crippen LogP contribution in [0.2, 0.25) is 0 Å². The van der Waals surface area contributed by atoms with Gasteiger partial charge in [-0.1, -0.05) is 387 Å². The van der Waals surface area contributed by atoms with E-state index in [0.29, 0.717) is 0 Å². The van der Waals surface area contributed by atoms with Crippen LogP contribution in [-0.4, -0.2) is 98.7 Å². The first-order chi connectivity index (χ1) is 40.4. The molecule has 0 radical (unpaired) electrons. The van der Waals surface area contributed by atoms with E-state index < -0.39 is 11.9 Å². The predicted molar refractivity (Wildman–Crippen MR) is 367 cm³/mol. The Balaban J connectivity index is -0.00000152. The van der Waals surface area contributed by atoms with Crippen molar-refractivity contribution in [2.75, 3.05) is 39.3 Å². The monoisotopic (exact) mass is 1200 g/mol. The van der Waals surface area contributed by atoms with Crippen LogP contribution in [0, 0.1) is 0 Å². The normalized spacial score (nSPS) is 11.4. The van der Waals surface area contributed by atoms with E-state index in [1.54, 1.807) is 0 Å². The molecule has 0 fully saturated rings. The molecule has 0 aromatic carbocycles. The van der Waals surface area contributed by atoms with E-state index in [4.69, 9.17) is 0 Å². The van der Waals surface area contributed by atoms with Crippen LogP contribution in [0.4, 0.5) is 0 Å². The number of carbonyl (C=O) groups is 2. The summed E-state index contributed by atoms with van der Waals surface area (Å²) in [5, 5.41) is 21.7. The number of unbranched alkanes of at least 4 members (excludes halogenated alkanes) is 56. The fraction of sp³-hybridized carbons (Fsp3) is 0.974. The third-order valence-corrected chi connectivity index (χ3v) is 18.0. The van der Waals surface area contributed by atoms with Crippen LogP contribution in [0.1, 0.15) is 439 Å². The Hall–Kier alpha value is 0.120. The van der Waals surface area contributed by atoms with Gasteiger partial charge in [0.15, 0.2) is 0 Å². The van der Waals surface area contributed by atoms with E-state index >= 15 is 0 Å². The summed E-state index contributed by atoms with van der Waals surface area (Å²) >= 11 is 0. The fourth-order valence-corrected chi connectivity index (χ4v) is 12.4. The van der Waals surface area contributed by atoms with E-state index in [1.807, 2.05) is 0 Å². The molecule has 0 aliphatic heterocycles. The third kappa shape index (κ3) is 82.1. The Kier molecular flexibility index (Phi) is 84.3. The van der Waals surface area contributed by atoms with E-state index in [-0.39, 0.29) is 50.6 Å². The standard InChI is InChI=1S/2C38H77NO2.Ca/c2*1-3-5-7-9-11-13-15-17-19-21-23-25-27-29-31-35-39(37-33-34-38(40)41)36-32-30-28-26-24-22-20-18-16-14-12-10-8-6-4-2;/h2*3-37H2,1-2H3,(H,40,41);/q;;+2/p-2. The number of rotatable bonds is 72. The van der Waals surface area contributed by atoms with Crippen LogP contribution in [0.25, 0.3) is 0 Å². The summed E-state index contributed by atoms with van der Waals surface area (Å²) < 4.78 is 0. The molecule has 0 heterocycles. The molecule has 0 saturated carbocycles. The van der Waals surface area contributed by atoms with Crippen LogP contribution in [0.3, 0.4) is 0 Å². The molecule has 0 unspecified atom stereocenters. The molecule has 0 rings (SSSR count). The van der Waals surface area contributed by atoms with Crippen molar-refractivity contribution in [2.24, 2.45) is 0 Å². The second-order valence-corrected chi connectivity index (χ2v) is 26.4. The summed E-state index contributed by atoms with van der Waals surface area (Å²) in [6.45, 7) is 15.6. The van der Waals surface area contributed by atoms with E-state index in [0.717, 1.165) is 52.1 Å². The Bertz CT molecular complexity index is 1020. The number of aliphatic carboxylic acids is 2. The van der Waals surface area contributed by atoms with Crippen molar-refractivity contribution in [2.45, 2.75) is 439 Å². The zero-order valence-electron chi connectivity index (χ0n) is 57.7. The Morgan fingerprint density at radius 3 is 0.422 bits per heavy atom. The molecule has 0 aromatic heterocycles. The van der Waals surface area contributed by atoms with E-state index in [2.05, 4.69) is 37.5 Å². The van der Waals surface area contributed by atoms with Crippen molar-refractivity contribution in [3.05, 3.63) is 0 Å². The van der Waals surface area contributed by atoms with Gasteiger partial charge >= 0.3 is 37.7 Å². The summed E-state index contributed by atoms with van der Waals surface area (Å²) in [6, 6.07) is 0. The van der Waals surface area contributed by atoms with Gasteiger partial charge < -0.3 is 29.6 Å². The molecule has 0 aliphatic rings. The minimum atomic E-state index is -0.899. The van der Waals surface area contributed by atoms with Crippen LogP contribution in [0.5, 0.6) is 0 Å². The molecule has 0 bridgehead atoms. The number of hydrogen-bond donors (Lipinski definition) is 0. The van der Waals surface area contributed by atoms with Gasteiger partial charge in [0, 0.05) is 11.9 Å². The zero-order chi connectivity index (χ0) is 59.8. The summed E-state index contributed by atoms with van der Waals surface area (Å²) in [4.78, 5) is 26.8. The van der Waals surface area contributed by atoms with Gasteiger partial charge in [-0.05, 0) is 90.6 Å². The minimum absolute atomic E-state index is 0. The summed E-state index contributed by atoms with van der Waals surface area (Å²) in [5.74, 6) is -1.80. The molecule has 0 atom stereocenters. The Labute approximate surface area is 553 Å². The number of carbonyl (C=O) groups excluding carboxylic acids is 2. The summed E-state index contributed by atoms with van der Waals surface area (Å²) in [5.41, 5.74) is 0. The van der Waals surface area contributed by atoms with Gasteiger partial charge in [0.25, 0.3) is 0 Å². The second-order valence-electron chi connectivity index (χ2n) is 26.4. The van der Waals surface area contributed by atoms with Crippen LogP contribution in [-0.2, 0) is 9.59 Å². The first kappa shape index (κ1) is 87.3. The van der Waals surface area contributed by atoms with Crippen molar-refractivity contribution in [1.29, 1.82) is 0 Å². The molecule has 492 valence electrons. The number of nitrogens with zero attached hydrogens (tertiary/aromatic N) is 2. The van der Waals surface area contributed by atoms with Crippen molar-refractivity contribution in [3.63, 3.8) is 0 Å². The fourth-order valence-electron chi connectivity index (χ4n) is 12.4. The van der Waals surface area contributed by atoms with Gasteiger partial charge in [-0.3, -0.25) is 0 Å². The van der Waals surface area contributed by atoms with Crippen molar-refractivity contribution in [3.8, 4) is 0 Å². The quantitative estimate of drug-likeness (QED) is 0.0445. The van der Waals surface area contributed by atoms with E-state index in [1.165, 1.54) is 385 Å². The molecular formula is C76H152CaN2O4. The van der Waals surface area contributed by atoms with Gasteiger partial charge in [0.1, 0.15) is 0 Å². The van der Waals surface area contributed by atoms with Crippen LogP contribution < -0.4 is 10.2 Å². The van der Waals surface area contributed by atoms with Gasteiger partial charge in [0.05, 0.1) is 0 Å². The van der Waals surface area contributed by atoms with Gasteiger partial charge in [-0.25, -0.2) is 0 Å². The van der Waals surface area contributed by atoms with Gasteiger partial charge in [-0.2, -0.15) is 0 Å². The van der Waals surface area contributed by atoms with Crippen LogP contribution >= 0.6 is 0 Å². The Morgan fingerprint density at radius 2 is 0.301 bits per heavy atom. The molecule has 6 nitrogen and oxygen atoms in total. The minimum Gasteiger partial charge on any atom is -0.550 e. The number of carboxylic acids is 2. The maximum Gasteiger partial charge on any atom is 2.00 e. The zero-order valence-corrected chi connectivity index (χ0v) is 59.9. The smallest absolute Gasteiger partial charge is 0.550 e.